The van der Waals surface area contributed by atoms with Crippen molar-refractivity contribution in [3.05, 3.63) is 57.1 Å². The lowest BCUT2D eigenvalue weighted by atomic mass is 10.1. The summed E-state index contributed by atoms with van der Waals surface area (Å²) in [6, 6.07) is 5.18. The van der Waals surface area contributed by atoms with Gasteiger partial charge in [0.05, 0.1) is 5.70 Å². The molecule has 156 valence electrons. The Morgan fingerprint density at radius 3 is 2.59 bits per heavy atom. The molecule has 1 aromatic rings. The van der Waals surface area contributed by atoms with Crippen molar-refractivity contribution >= 4 is 35.3 Å². The zero-order valence-corrected chi connectivity index (χ0v) is 17.8. The summed E-state index contributed by atoms with van der Waals surface area (Å²) in [5, 5.41) is 10.5. The van der Waals surface area contributed by atoms with Gasteiger partial charge in [0.2, 0.25) is 0 Å². The van der Waals surface area contributed by atoms with Crippen molar-refractivity contribution in [1.82, 2.24) is 20.7 Å². The first-order valence-corrected chi connectivity index (χ1v) is 9.71. The second-order valence-corrected chi connectivity index (χ2v) is 8.48. The Bertz CT molecular complexity index is 908. The van der Waals surface area contributed by atoms with Crippen LogP contribution in [0.5, 0.6) is 0 Å². The SMILES string of the molecule is CC(C)(C)OC(=O)N1CCN(Cc2cc(Cl)ccc2Cl)C2=C1NNC(C(=O)O)=C2. The van der Waals surface area contributed by atoms with E-state index in [9.17, 15) is 14.7 Å². The molecule has 0 unspecified atom stereocenters. The number of aliphatic carboxylic acids is 1. The number of ether oxygens (including phenoxy) is 1. The summed E-state index contributed by atoms with van der Waals surface area (Å²) in [5.74, 6) is -0.715. The van der Waals surface area contributed by atoms with E-state index >= 15 is 0 Å². The number of allylic oxidation sites excluding steroid dienone is 1. The van der Waals surface area contributed by atoms with E-state index in [0.29, 0.717) is 41.2 Å². The van der Waals surface area contributed by atoms with Crippen LogP contribution in [0.4, 0.5) is 4.79 Å². The molecule has 10 heteroatoms. The van der Waals surface area contributed by atoms with Crippen LogP contribution in [0.15, 0.2) is 41.5 Å². The highest BCUT2D eigenvalue weighted by atomic mass is 35.5. The van der Waals surface area contributed by atoms with Gasteiger partial charge in [-0.1, -0.05) is 23.2 Å². The maximum Gasteiger partial charge on any atom is 0.416 e. The molecule has 0 atom stereocenters. The molecule has 0 spiro atoms. The van der Waals surface area contributed by atoms with Crippen LogP contribution in [-0.2, 0) is 16.1 Å². The van der Waals surface area contributed by atoms with E-state index in [1.54, 1.807) is 39.0 Å². The number of carbonyl (C=O) groups excluding carboxylic acids is 1. The van der Waals surface area contributed by atoms with Crippen LogP contribution < -0.4 is 10.9 Å². The molecule has 0 aromatic heterocycles. The predicted molar refractivity (Wildman–Crippen MR) is 109 cm³/mol. The average molecular weight is 441 g/mol. The molecule has 0 aliphatic carbocycles. The number of nitrogens with zero attached hydrogens (tertiary/aromatic N) is 2. The monoisotopic (exact) mass is 440 g/mol. The van der Waals surface area contributed by atoms with Gasteiger partial charge in [0, 0.05) is 29.7 Å². The number of carboxylic acid groups (broad SMARTS) is 1. The molecule has 8 nitrogen and oxygen atoms in total. The molecule has 3 N–H and O–H groups in total. The van der Waals surface area contributed by atoms with Gasteiger partial charge in [-0.25, -0.2) is 9.59 Å². The lowest BCUT2D eigenvalue weighted by molar-refractivity contribution is -0.133. The van der Waals surface area contributed by atoms with Gasteiger partial charge < -0.3 is 14.7 Å². The first-order valence-electron chi connectivity index (χ1n) is 8.96. The van der Waals surface area contributed by atoms with Gasteiger partial charge in [0.1, 0.15) is 11.3 Å². The van der Waals surface area contributed by atoms with Crippen molar-refractivity contribution in [3.63, 3.8) is 0 Å². The van der Waals surface area contributed by atoms with Crippen molar-refractivity contribution < 1.29 is 19.4 Å². The molecule has 2 heterocycles. The van der Waals surface area contributed by atoms with Crippen LogP contribution in [0.1, 0.15) is 26.3 Å². The van der Waals surface area contributed by atoms with Crippen molar-refractivity contribution in [2.45, 2.75) is 32.9 Å². The van der Waals surface area contributed by atoms with E-state index in [2.05, 4.69) is 10.9 Å². The molecule has 0 saturated heterocycles. The van der Waals surface area contributed by atoms with Gasteiger partial charge in [-0.05, 0) is 50.6 Å². The van der Waals surface area contributed by atoms with E-state index in [1.807, 2.05) is 4.90 Å². The Kier molecular flexibility index (Phi) is 5.86. The minimum atomic E-state index is -1.13. The first-order chi connectivity index (χ1) is 13.5. The minimum absolute atomic E-state index is 0.0445. The Balaban J connectivity index is 1.97. The number of nitrogens with one attached hydrogen (secondary N) is 2. The molecule has 1 amide bonds. The number of amides is 1. The lowest BCUT2D eigenvalue weighted by Crippen LogP contribution is -2.54. The fourth-order valence-corrected chi connectivity index (χ4v) is 3.35. The van der Waals surface area contributed by atoms with E-state index < -0.39 is 17.7 Å². The van der Waals surface area contributed by atoms with E-state index in [-0.39, 0.29) is 5.70 Å². The number of rotatable bonds is 3. The van der Waals surface area contributed by atoms with E-state index in [0.717, 1.165) is 5.56 Å². The predicted octanol–water partition coefficient (Wildman–Crippen LogP) is 3.29. The molecular formula is C19H22Cl2N4O4. The van der Waals surface area contributed by atoms with Crippen molar-refractivity contribution in [1.29, 1.82) is 0 Å². The molecule has 1 aromatic carbocycles. The first kappa shape index (κ1) is 21.1. The Morgan fingerprint density at radius 2 is 1.93 bits per heavy atom. The second kappa shape index (κ2) is 8.04. The maximum absolute atomic E-state index is 12.7. The van der Waals surface area contributed by atoms with Crippen molar-refractivity contribution in [3.8, 4) is 0 Å². The number of hydrogen-bond acceptors (Lipinski definition) is 6. The highest BCUT2D eigenvalue weighted by molar-refractivity contribution is 6.33. The third kappa shape index (κ3) is 4.89. The Labute approximate surface area is 178 Å². The number of carboxylic acids is 1. The summed E-state index contributed by atoms with van der Waals surface area (Å²) in [5.41, 5.74) is 6.04. The van der Waals surface area contributed by atoms with Crippen LogP contribution in [0.2, 0.25) is 10.0 Å². The topological polar surface area (TPSA) is 94.1 Å². The fourth-order valence-electron chi connectivity index (χ4n) is 2.98. The van der Waals surface area contributed by atoms with Crippen LogP contribution >= 0.6 is 23.2 Å². The van der Waals surface area contributed by atoms with Gasteiger partial charge in [0.15, 0.2) is 5.82 Å². The summed E-state index contributed by atoms with van der Waals surface area (Å²) in [4.78, 5) is 27.5. The van der Waals surface area contributed by atoms with Gasteiger partial charge >= 0.3 is 12.1 Å². The molecule has 0 saturated carbocycles. The number of hydrazine groups is 1. The standard InChI is InChI=1S/C19H22Cl2N4O4/c1-19(2,3)29-18(28)25-7-6-24(10-11-8-12(20)4-5-13(11)21)15-9-14(17(26)27)22-23-16(15)25/h4-5,8-9,22-23H,6-7,10H2,1-3H3,(H,26,27). The van der Waals surface area contributed by atoms with Crippen molar-refractivity contribution in [2.75, 3.05) is 13.1 Å². The third-order valence-corrected chi connectivity index (χ3v) is 4.86. The lowest BCUT2D eigenvalue weighted by Gasteiger charge is -2.41. The molecule has 2 aliphatic heterocycles. The largest absolute Gasteiger partial charge is 0.477 e. The van der Waals surface area contributed by atoms with E-state index in [1.165, 1.54) is 11.0 Å². The summed E-state index contributed by atoms with van der Waals surface area (Å²) in [6.45, 7) is 6.54. The zero-order valence-electron chi connectivity index (χ0n) is 16.3. The van der Waals surface area contributed by atoms with Crippen LogP contribution in [0.25, 0.3) is 0 Å². The zero-order chi connectivity index (χ0) is 21.3. The number of halogens is 2. The molecular weight excluding hydrogens is 419 g/mol. The fraction of sp³-hybridized carbons (Fsp3) is 0.368. The average Bonchev–Trinajstić information content (AvgIpc) is 2.63. The minimum Gasteiger partial charge on any atom is -0.477 e. The highest BCUT2D eigenvalue weighted by Gasteiger charge is 2.34. The number of benzene rings is 1. The Hall–Kier alpha value is -2.58. The van der Waals surface area contributed by atoms with Gasteiger partial charge in [-0.3, -0.25) is 15.8 Å². The van der Waals surface area contributed by atoms with Crippen LogP contribution in [0.3, 0.4) is 0 Å². The maximum atomic E-state index is 12.7. The second-order valence-electron chi connectivity index (χ2n) is 7.64. The number of carbonyl (C=O) groups is 2. The summed E-state index contributed by atoms with van der Waals surface area (Å²) in [6.07, 6.45) is 0.954. The molecule has 3 rings (SSSR count). The quantitative estimate of drug-likeness (QED) is 0.663. The smallest absolute Gasteiger partial charge is 0.416 e. The van der Waals surface area contributed by atoms with Crippen molar-refractivity contribution in [2.24, 2.45) is 0 Å². The van der Waals surface area contributed by atoms with E-state index in [4.69, 9.17) is 27.9 Å². The summed E-state index contributed by atoms with van der Waals surface area (Å²) in [7, 11) is 0. The normalized spacial score (nSPS) is 16.5. The highest BCUT2D eigenvalue weighted by Crippen LogP contribution is 2.29. The molecule has 29 heavy (non-hydrogen) atoms. The molecule has 0 bridgehead atoms. The summed E-state index contributed by atoms with van der Waals surface area (Å²) >= 11 is 12.4. The number of hydrogen-bond donors (Lipinski definition) is 3. The summed E-state index contributed by atoms with van der Waals surface area (Å²) < 4.78 is 5.48. The van der Waals surface area contributed by atoms with Gasteiger partial charge in [0.25, 0.3) is 0 Å². The van der Waals surface area contributed by atoms with Crippen LogP contribution in [-0.4, -0.2) is 45.7 Å². The molecule has 2 aliphatic rings. The Morgan fingerprint density at radius 1 is 1.21 bits per heavy atom. The molecule has 0 radical (unpaired) electrons. The van der Waals surface area contributed by atoms with Gasteiger partial charge in [-0.2, -0.15) is 0 Å². The van der Waals surface area contributed by atoms with Gasteiger partial charge in [-0.15, -0.1) is 0 Å². The van der Waals surface area contributed by atoms with Crippen LogP contribution in [0, 0.1) is 0 Å². The third-order valence-electron chi connectivity index (χ3n) is 4.26. The molecule has 0 fully saturated rings.